The van der Waals surface area contributed by atoms with Crippen LogP contribution in [0.4, 0.5) is 0 Å². The van der Waals surface area contributed by atoms with E-state index in [1.54, 1.807) is 0 Å². The van der Waals surface area contributed by atoms with E-state index in [9.17, 15) is 0 Å². The second-order valence-corrected chi connectivity index (χ2v) is 6.21. The summed E-state index contributed by atoms with van der Waals surface area (Å²) in [6.45, 7) is 4.38. The minimum absolute atomic E-state index is 0.385. The van der Waals surface area contributed by atoms with Crippen molar-refractivity contribution >= 4 is 11.6 Å². The van der Waals surface area contributed by atoms with E-state index in [2.05, 4.69) is 37.8 Å². The van der Waals surface area contributed by atoms with Crippen molar-refractivity contribution in [2.24, 2.45) is 5.92 Å². The monoisotopic (exact) mass is 304 g/mol. The van der Waals surface area contributed by atoms with Crippen LogP contribution in [0, 0.1) is 24.7 Å². The molecule has 1 aliphatic carbocycles. The Kier molecular flexibility index (Phi) is 6.46. The molecule has 0 saturated heterocycles. The average molecular weight is 305 g/mol. The van der Waals surface area contributed by atoms with Crippen molar-refractivity contribution < 1.29 is 4.74 Å². The molecule has 0 aromatic heterocycles. The van der Waals surface area contributed by atoms with E-state index in [0.29, 0.717) is 17.9 Å². The van der Waals surface area contributed by atoms with Gasteiger partial charge in [-0.3, -0.25) is 0 Å². The quantitative estimate of drug-likeness (QED) is 0.540. The summed E-state index contributed by atoms with van der Waals surface area (Å²) >= 11 is 5.64. The maximum absolute atomic E-state index is 6.30. The van der Waals surface area contributed by atoms with Gasteiger partial charge in [-0.15, -0.1) is 11.6 Å². The van der Waals surface area contributed by atoms with E-state index < -0.39 is 0 Å². The molecule has 0 spiro atoms. The standard InChI is InChI=1S/C19H25ClO/c1-3-17-9-4-5-10-19(17)21-18-12-11-16(14-15(18)2)8-6-7-13-20/h11-12,14,17,19H,3-5,7,9-10,13H2,1-2H3. The van der Waals surface area contributed by atoms with E-state index in [1.165, 1.54) is 37.7 Å². The van der Waals surface area contributed by atoms with Gasteiger partial charge in [0.25, 0.3) is 0 Å². The van der Waals surface area contributed by atoms with Crippen molar-refractivity contribution in [3.63, 3.8) is 0 Å². The molecule has 1 nitrogen and oxygen atoms in total. The van der Waals surface area contributed by atoms with Gasteiger partial charge in [0.15, 0.2) is 0 Å². The van der Waals surface area contributed by atoms with Gasteiger partial charge in [-0.1, -0.05) is 25.2 Å². The zero-order chi connectivity index (χ0) is 15.1. The molecular formula is C19H25ClO. The molecule has 1 fully saturated rings. The number of alkyl halides is 1. The van der Waals surface area contributed by atoms with E-state index in [1.807, 2.05) is 6.07 Å². The normalized spacial score (nSPS) is 21.5. The largest absolute Gasteiger partial charge is 0.490 e. The maximum Gasteiger partial charge on any atom is 0.122 e. The van der Waals surface area contributed by atoms with Gasteiger partial charge in [0.2, 0.25) is 0 Å². The lowest BCUT2D eigenvalue weighted by Crippen LogP contribution is -2.30. The Morgan fingerprint density at radius 3 is 2.81 bits per heavy atom. The highest BCUT2D eigenvalue weighted by Crippen LogP contribution is 2.31. The topological polar surface area (TPSA) is 9.23 Å². The van der Waals surface area contributed by atoms with Gasteiger partial charge in [0, 0.05) is 17.9 Å². The van der Waals surface area contributed by atoms with Crippen LogP contribution in [0.1, 0.15) is 56.6 Å². The van der Waals surface area contributed by atoms with E-state index >= 15 is 0 Å². The molecular weight excluding hydrogens is 280 g/mol. The van der Waals surface area contributed by atoms with Crippen molar-refractivity contribution in [1.29, 1.82) is 0 Å². The predicted molar refractivity (Wildman–Crippen MR) is 90.1 cm³/mol. The van der Waals surface area contributed by atoms with Crippen molar-refractivity contribution in [3.05, 3.63) is 29.3 Å². The van der Waals surface area contributed by atoms with Gasteiger partial charge in [-0.2, -0.15) is 0 Å². The van der Waals surface area contributed by atoms with Gasteiger partial charge < -0.3 is 4.74 Å². The summed E-state index contributed by atoms with van der Waals surface area (Å²) in [4.78, 5) is 0. The third-order valence-corrected chi connectivity index (χ3v) is 4.46. The number of hydrogen-bond donors (Lipinski definition) is 0. The maximum atomic E-state index is 6.30. The first-order valence-corrected chi connectivity index (χ1v) is 8.60. The molecule has 0 radical (unpaired) electrons. The molecule has 2 atom stereocenters. The Morgan fingerprint density at radius 2 is 2.10 bits per heavy atom. The fraction of sp³-hybridized carbons (Fsp3) is 0.579. The summed E-state index contributed by atoms with van der Waals surface area (Å²) in [5.41, 5.74) is 2.22. The number of ether oxygens (including phenoxy) is 1. The first kappa shape index (κ1) is 16.2. The van der Waals surface area contributed by atoms with Crippen LogP contribution in [0.2, 0.25) is 0 Å². The van der Waals surface area contributed by atoms with E-state index in [0.717, 1.165) is 17.7 Å². The van der Waals surface area contributed by atoms with Crippen LogP contribution in [-0.4, -0.2) is 12.0 Å². The van der Waals surface area contributed by atoms with Crippen LogP contribution in [0.5, 0.6) is 5.75 Å². The fourth-order valence-corrected chi connectivity index (χ4v) is 3.12. The Hall–Kier alpha value is -1.13. The van der Waals surface area contributed by atoms with Crippen molar-refractivity contribution in [1.82, 2.24) is 0 Å². The Balaban J connectivity index is 2.05. The zero-order valence-corrected chi connectivity index (χ0v) is 13.9. The molecule has 1 aromatic rings. The highest BCUT2D eigenvalue weighted by Gasteiger charge is 2.25. The van der Waals surface area contributed by atoms with Crippen molar-refractivity contribution in [3.8, 4) is 17.6 Å². The minimum Gasteiger partial charge on any atom is -0.490 e. The molecule has 2 rings (SSSR count). The van der Waals surface area contributed by atoms with Crippen molar-refractivity contribution in [2.75, 3.05) is 5.88 Å². The number of aryl methyl sites for hydroxylation is 1. The van der Waals surface area contributed by atoms with Gasteiger partial charge >= 0.3 is 0 Å². The lowest BCUT2D eigenvalue weighted by Gasteiger charge is -2.31. The Labute approximate surface area is 134 Å². The Morgan fingerprint density at radius 1 is 1.29 bits per heavy atom. The summed E-state index contributed by atoms with van der Waals surface area (Å²) < 4.78 is 6.30. The summed E-state index contributed by atoms with van der Waals surface area (Å²) in [5, 5.41) is 0. The van der Waals surface area contributed by atoms with Gasteiger partial charge in [0.05, 0.1) is 0 Å². The molecule has 0 amide bonds. The lowest BCUT2D eigenvalue weighted by atomic mass is 9.84. The molecule has 1 aliphatic rings. The van der Waals surface area contributed by atoms with Crippen LogP contribution in [0.3, 0.4) is 0 Å². The summed E-state index contributed by atoms with van der Waals surface area (Å²) in [7, 11) is 0. The molecule has 1 saturated carbocycles. The lowest BCUT2D eigenvalue weighted by molar-refractivity contribution is 0.0897. The van der Waals surface area contributed by atoms with Crippen LogP contribution < -0.4 is 4.74 Å². The van der Waals surface area contributed by atoms with E-state index in [4.69, 9.17) is 16.3 Å². The summed E-state index contributed by atoms with van der Waals surface area (Å²) in [5.74, 6) is 8.54. The Bertz CT molecular complexity index is 512. The first-order valence-electron chi connectivity index (χ1n) is 8.06. The van der Waals surface area contributed by atoms with Crippen molar-refractivity contribution in [2.45, 2.75) is 58.5 Å². The van der Waals surface area contributed by atoms with Gasteiger partial charge in [-0.05, 0) is 62.3 Å². The fourth-order valence-electron chi connectivity index (χ4n) is 3.03. The SMILES string of the molecule is CCC1CCCCC1Oc1ccc(C#CCCCl)cc1C. The van der Waals surface area contributed by atoms with Gasteiger partial charge in [0.1, 0.15) is 11.9 Å². The molecule has 21 heavy (non-hydrogen) atoms. The molecule has 0 bridgehead atoms. The van der Waals surface area contributed by atoms with Gasteiger partial charge in [-0.25, -0.2) is 0 Å². The number of benzene rings is 1. The highest BCUT2D eigenvalue weighted by molar-refractivity contribution is 6.18. The minimum atomic E-state index is 0.385. The van der Waals surface area contributed by atoms with Crippen LogP contribution >= 0.6 is 11.6 Å². The predicted octanol–water partition coefficient (Wildman–Crippen LogP) is 5.32. The molecule has 114 valence electrons. The first-order chi connectivity index (χ1) is 10.2. The van der Waals surface area contributed by atoms with E-state index in [-0.39, 0.29) is 0 Å². The average Bonchev–Trinajstić information content (AvgIpc) is 2.50. The molecule has 2 unspecified atom stereocenters. The molecule has 1 aromatic carbocycles. The number of rotatable bonds is 4. The second-order valence-electron chi connectivity index (χ2n) is 5.83. The molecule has 0 heterocycles. The number of halogens is 1. The summed E-state index contributed by atoms with van der Waals surface area (Å²) in [6.07, 6.45) is 7.48. The molecule has 2 heteroatoms. The van der Waals surface area contributed by atoms with Crippen LogP contribution in [-0.2, 0) is 0 Å². The highest BCUT2D eigenvalue weighted by atomic mass is 35.5. The van der Waals surface area contributed by atoms with Crippen LogP contribution in [0.15, 0.2) is 18.2 Å². The number of hydrogen-bond acceptors (Lipinski definition) is 1. The zero-order valence-electron chi connectivity index (χ0n) is 13.1. The third kappa shape index (κ3) is 4.68. The summed E-state index contributed by atoms with van der Waals surface area (Å²) in [6, 6.07) is 6.23. The third-order valence-electron chi connectivity index (χ3n) is 4.27. The van der Waals surface area contributed by atoms with Crippen LogP contribution in [0.25, 0.3) is 0 Å². The second kappa shape index (κ2) is 8.35. The smallest absolute Gasteiger partial charge is 0.122 e. The molecule has 0 aliphatic heterocycles. The molecule has 0 N–H and O–H groups in total.